The number of aliphatic carboxylic acids is 4. The fourth-order valence-electron chi connectivity index (χ4n) is 14.9. The van der Waals surface area contributed by atoms with Crippen LogP contribution < -0.4 is 97.0 Å². The van der Waals surface area contributed by atoms with Crippen LogP contribution in [0.25, 0.3) is 10.8 Å². The molecule has 4 saturated heterocycles. The number of nitrogens with one attached hydrogen (secondary N) is 15. The number of phenolic OH excluding ortho intramolecular Hbond substituents is 1. The quantitative estimate of drug-likeness (QED) is 0.0391. The van der Waals surface area contributed by atoms with Gasteiger partial charge in [-0.25, -0.2) is 0 Å². The molecule has 6 bridgehead atoms. The largest absolute Gasteiger partial charge is 0.508 e. The number of hydrogen-bond donors (Lipinski definition) is 24. The van der Waals surface area contributed by atoms with Crippen molar-refractivity contribution in [2.45, 2.75) is 201 Å². The normalized spacial score (nSPS) is 26.5. The number of aliphatic hydroxyl groups is 1. The summed E-state index contributed by atoms with van der Waals surface area (Å²) in [6.07, 6.45) is -9.52. The van der Waals surface area contributed by atoms with E-state index in [1.54, 1.807) is 36.4 Å². The molecule has 50 heteroatoms. The minimum Gasteiger partial charge on any atom is -0.508 e. The maximum absolute atomic E-state index is 15.7. The zero-order chi connectivity index (χ0) is 100. The lowest BCUT2D eigenvalue weighted by atomic mass is 9.85. The number of benzene rings is 4. The minimum atomic E-state index is -2.74. The van der Waals surface area contributed by atoms with Crippen LogP contribution in [0, 0.1) is 11.3 Å². The molecule has 0 saturated carbocycles. The zero-order valence-electron chi connectivity index (χ0n) is 74.5. The summed E-state index contributed by atoms with van der Waals surface area (Å²) in [6, 6.07) is -4.43. The number of rotatable bonds is 20. The smallest absolute Gasteiger partial charge is 0.309 e. The average Bonchev–Trinajstić information content (AvgIpc) is 1.48. The molecule has 136 heavy (non-hydrogen) atoms. The Bertz CT molecular complexity index is 5180. The van der Waals surface area contributed by atoms with Gasteiger partial charge in [-0.05, 0) is 78.1 Å². The van der Waals surface area contributed by atoms with E-state index < -0.39 is 358 Å². The molecule has 0 aliphatic carbocycles. The molecule has 4 aliphatic heterocycles. The first-order chi connectivity index (χ1) is 64.0. The minimum absolute atomic E-state index is 0.204. The summed E-state index contributed by atoms with van der Waals surface area (Å²) < 4.78 is 0. The first-order valence-corrected chi connectivity index (χ1v) is 45.2. The van der Waals surface area contributed by atoms with E-state index in [2.05, 4.69) is 79.8 Å². The summed E-state index contributed by atoms with van der Waals surface area (Å²) in [4.78, 5) is 318. The van der Waals surface area contributed by atoms with Gasteiger partial charge in [0.05, 0.1) is 43.6 Å². The Labute approximate surface area is 785 Å². The van der Waals surface area contributed by atoms with Gasteiger partial charge in [-0.2, -0.15) is 0 Å². The third-order valence-electron chi connectivity index (χ3n) is 22.3. The number of amides is 18. The van der Waals surface area contributed by atoms with Gasteiger partial charge in [0.25, 0.3) is 5.91 Å². The lowest BCUT2D eigenvalue weighted by Gasteiger charge is -2.35. The zero-order valence-corrected chi connectivity index (χ0v) is 76.2. The number of nitrogens with two attached hydrogens (primary N) is 3. The third-order valence-corrected chi connectivity index (χ3v) is 24.4. The van der Waals surface area contributed by atoms with Crippen molar-refractivity contribution in [1.29, 1.82) is 0 Å². The van der Waals surface area contributed by atoms with E-state index in [1.807, 2.05) is 0 Å². The van der Waals surface area contributed by atoms with E-state index in [0.717, 1.165) is 16.7 Å². The molecular weight excluding hydrogens is 1830 g/mol. The maximum atomic E-state index is 15.7. The number of carboxylic acids is 4. The molecule has 736 valence electrons. The van der Waals surface area contributed by atoms with E-state index >= 15 is 38.4 Å². The summed E-state index contributed by atoms with van der Waals surface area (Å²) in [7, 11) is 0. The van der Waals surface area contributed by atoms with Crippen molar-refractivity contribution in [3.63, 3.8) is 0 Å². The van der Waals surface area contributed by atoms with Gasteiger partial charge in [-0.1, -0.05) is 106 Å². The van der Waals surface area contributed by atoms with Crippen LogP contribution in [0.3, 0.4) is 0 Å². The van der Waals surface area contributed by atoms with Crippen LogP contribution in [0.2, 0.25) is 0 Å². The number of thioether (sulfide) groups is 2. The molecule has 0 spiro atoms. The van der Waals surface area contributed by atoms with Crippen molar-refractivity contribution in [3.05, 3.63) is 114 Å². The van der Waals surface area contributed by atoms with Crippen LogP contribution in [0.4, 0.5) is 0 Å². The van der Waals surface area contributed by atoms with E-state index in [-0.39, 0.29) is 22.4 Å². The Kier molecular flexibility index (Phi) is 38.8. The van der Waals surface area contributed by atoms with Crippen molar-refractivity contribution < 1.29 is 136 Å². The molecule has 0 radical (unpaired) electrons. The lowest BCUT2D eigenvalue weighted by Crippen LogP contribution is -2.64. The molecule has 4 heterocycles. The number of aromatic hydroxyl groups is 1. The van der Waals surface area contributed by atoms with E-state index in [4.69, 9.17) is 17.2 Å². The standard InChI is InChI=1S/C86H112N20O28S2/c1-41(87)69(118)104-83-82(131)91-42(2)70(119)94-56(34-60(88)108)76(125)92-50(22-24-63(111)112)71(120)97-54(32-46-16-11-15-45-14-9-10-17-48(45)46)78(127)102-66-49(84(132)133)33-55-75(124)99-57(35-65(115)116)77(126)96-52(30-43-12-7-6-8-13-43)74(123)95-53(31-44-18-20-47(107)21-19-44)73(122)93-51(23-25-64(113)114)72(121)103-67(85(3,4)5)81(130)101-59(68(89)117)37-135-38-62(110)106-28-27-105(61(109)26-29-136-83)39-86(134,40-106)90-36-58(79(128)98-55)100-80(66)129/h6-21,41-42,49-59,66-67,83,90,107,134H,22-40,87H2,1-5H3,(H2,88,108)(H2,89,117)(H,91,131)(H,92,125)(H,93,122)(H,94,119)(H,95,123)(H,96,126)(H,97,120)(H,98,128)(H,99,124)(H,100,129)(H,101,130)(H,102,127)(H,103,121)(H,104,118)(H,111,112)(H,113,114)(H,115,116)(H,132,133)/t41-,42+,49?,50-,51-,52-,53-,54-,55-,56-,57-,58-,59-,66+,67+,83-,86?/m0/s1. The fraction of sp³-hybridized carbons (Fsp3) is 0.488. The molecule has 17 atom stereocenters. The highest BCUT2D eigenvalue weighted by Crippen LogP contribution is 2.27. The number of phenols is 1. The predicted octanol–water partition coefficient (Wildman–Crippen LogP) is -7.77. The van der Waals surface area contributed by atoms with Crippen LogP contribution in [0.5, 0.6) is 5.75 Å². The summed E-state index contributed by atoms with van der Waals surface area (Å²) in [5.74, 6) is -34.4. The van der Waals surface area contributed by atoms with Gasteiger partial charge in [-0.3, -0.25) is 111 Å². The van der Waals surface area contributed by atoms with E-state index in [0.29, 0.717) is 34.3 Å². The number of nitrogens with zero attached hydrogens (tertiary/aromatic N) is 2. The molecule has 48 nitrogen and oxygen atoms in total. The van der Waals surface area contributed by atoms with Crippen LogP contribution in [0.1, 0.15) is 103 Å². The van der Waals surface area contributed by atoms with Crippen molar-refractivity contribution in [1.82, 2.24) is 89.6 Å². The first-order valence-electron chi connectivity index (χ1n) is 43.0. The number of carbonyl (C=O) groups excluding carboxylic acids is 18. The highest BCUT2D eigenvalue weighted by molar-refractivity contribution is 8.00. The van der Waals surface area contributed by atoms with Crippen molar-refractivity contribution in [3.8, 4) is 5.75 Å². The second-order valence-electron chi connectivity index (χ2n) is 34.1. The van der Waals surface area contributed by atoms with Gasteiger partial charge in [0.1, 0.15) is 84.3 Å². The van der Waals surface area contributed by atoms with Crippen molar-refractivity contribution in [2.75, 3.05) is 50.0 Å². The first kappa shape index (κ1) is 107. The van der Waals surface area contributed by atoms with Gasteiger partial charge in [0.2, 0.25) is 100 Å². The van der Waals surface area contributed by atoms with Crippen molar-refractivity contribution >= 4 is 165 Å². The molecular formula is C86H112N20O28S2. The van der Waals surface area contributed by atoms with Gasteiger partial charge in [0.15, 0.2) is 11.1 Å². The molecule has 27 N–H and O–H groups in total. The summed E-state index contributed by atoms with van der Waals surface area (Å²) >= 11 is 1.25. The SMILES string of the molecule is C[C@H](N)C(=O)N[C@H]1SCCC(=O)N2CCN3CC(O)(C2)NC[C@@H]2NC(=O)[C@H](NC(=O)[C@H](Cc4cccc5ccccc45)NC(=O)[C@H](CCC(=O)O)NC(=O)[C@H](CC(N)=O)NC(=O)[C@@H](C)NC1=O)C(C(=O)O)C[C@H](NC2=O)C(=O)N[C@@H](CC(=O)O)C(=O)N[C@@H](Cc1ccccc1)C(=O)N[C@@H](Cc1ccc(O)cc1)C(=O)N[C@@H](CCC(=O)O)C(=O)N[C@@H](C(C)(C)C)C(=O)N[C@H](C(N)=O)CSCC3=O. The highest BCUT2D eigenvalue weighted by Gasteiger charge is 2.48. The third kappa shape index (κ3) is 32.0. The lowest BCUT2D eigenvalue weighted by molar-refractivity contribution is -0.147. The van der Waals surface area contributed by atoms with Crippen LogP contribution in [-0.4, -0.2) is 316 Å². The number of fused-ring (bicyclic) bond motifs is 8. The predicted molar refractivity (Wildman–Crippen MR) is 481 cm³/mol. The fourth-order valence-corrected chi connectivity index (χ4v) is 16.8. The Morgan fingerprint density at radius 2 is 1.01 bits per heavy atom. The topological polar surface area (TPSA) is 762 Å². The average molecular weight is 1940 g/mol. The second-order valence-corrected chi connectivity index (χ2v) is 36.4. The Hall–Kier alpha value is -14.1. The number of carbonyl (C=O) groups is 22. The number of primary amides is 2. The monoisotopic (exact) mass is 1940 g/mol. The van der Waals surface area contributed by atoms with Gasteiger partial charge in [0, 0.05) is 69.7 Å². The molecule has 4 fully saturated rings. The van der Waals surface area contributed by atoms with E-state index in [9.17, 15) is 97.8 Å². The number of hydrogen-bond acceptors (Lipinski definition) is 28. The molecule has 4 aliphatic rings. The molecule has 2 unspecified atom stereocenters. The molecule has 4 aromatic rings. The number of carboxylic acid groups (broad SMARTS) is 4. The van der Waals surface area contributed by atoms with Crippen LogP contribution in [-0.2, 0) is 125 Å². The second kappa shape index (κ2) is 49.2. The molecule has 8 rings (SSSR count). The molecule has 4 aromatic carbocycles. The van der Waals surface area contributed by atoms with Gasteiger partial charge < -0.3 is 132 Å². The highest BCUT2D eigenvalue weighted by atomic mass is 32.2. The van der Waals surface area contributed by atoms with Crippen LogP contribution >= 0.6 is 23.5 Å². The summed E-state index contributed by atoms with van der Waals surface area (Å²) in [6.45, 7) is 2.85. The maximum Gasteiger partial charge on any atom is 0.309 e. The van der Waals surface area contributed by atoms with Gasteiger partial charge in [-0.15, -0.1) is 23.5 Å². The van der Waals surface area contributed by atoms with Crippen molar-refractivity contribution in [2.24, 2.45) is 28.5 Å². The molecule has 0 aromatic heterocycles. The van der Waals surface area contributed by atoms with Crippen LogP contribution in [0.15, 0.2) is 97.1 Å². The van der Waals surface area contributed by atoms with Gasteiger partial charge >= 0.3 is 23.9 Å². The Balaban J connectivity index is 1.32. The Morgan fingerprint density at radius 1 is 0.515 bits per heavy atom. The summed E-state index contributed by atoms with van der Waals surface area (Å²) in [5, 5.41) is 100. The summed E-state index contributed by atoms with van der Waals surface area (Å²) in [5.41, 5.74) is 13.9. The Morgan fingerprint density at radius 3 is 1.57 bits per heavy atom. The van der Waals surface area contributed by atoms with E-state index in [1.165, 1.54) is 88.4 Å². The molecule has 18 amide bonds.